The van der Waals surface area contributed by atoms with Crippen LogP contribution in [0.2, 0.25) is 0 Å². The van der Waals surface area contributed by atoms with E-state index >= 15 is 0 Å². The van der Waals surface area contributed by atoms with Crippen LogP contribution in [0, 0.1) is 5.92 Å². The van der Waals surface area contributed by atoms with Gasteiger partial charge in [-0.2, -0.15) is 5.10 Å². The molecule has 1 aromatic rings. The van der Waals surface area contributed by atoms with E-state index in [0.29, 0.717) is 11.7 Å². The molecule has 1 unspecified atom stereocenters. The third kappa shape index (κ3) is 3.00. The second-order valence-corrected chi connectivity index (χ2v) is 5.52. The van der Waals surface area contributed by atoms with Crippen molar-refractivity contribution in [3.8, 4) is 0 Å². The molecule has 0 bridgehead atoms. The van der Waals surface area contributed by atoms with Crippen LogP contribution in [0.4, 0.5) is 0 Å². The minimum Gasteiger partial charge on any atom is -0.481 e. The number of amides is 1. The molecule has 0 aromatic carbocycles. The van der Waals surface area contributed by atoms with Crippen molar-refractivity contribution in [1.29, 1.82) is 0 Å². The number of hydrogen-bond acceptors (Lipinski definition) is 3. The van der Waals surface area contributed by atoms with Crippen molar-refractivity contribution in [2.45, 2.75) is 38.6 Å². The van der Waals surface area contributed by atoms with Gasteiger partial charge >= 0.3 is 5.97 Å². The first-order valence-corrected chi connectivity index (χ1v) is 7.02. The predicted molar refractivity (Wildman–Crippen MR) is 73.5 cm³/mol. The van der Waals surface area contributed by atoms with Gasteiger partial charge in [-0.25, -0.2) is 0 Å². The molecule has 1 amide bonds. The average Bonchev–Trinajstić information content (AvgIpc) is 3.07. The van der Waals surface area contributed by atoms with Crippen LogP contribution in [0.15, 0.2) is 12.3 Å². The summed E-state index contributed by atoms with van der Waals surface area (Å²) >= 11 is 0. The van der Waals surface area contributed by atoms with E-state index in [1.165, 1.54) is 17.7 Å². The van der Waals surface area contributed by atoms with Crippen molar-refractivity contribution < 1.29 is 14.7 Å². The predicted octanol–water partition coefficient (Wildman–Crippen LogP) is 1.79. The van der Waals surface area contributed by atoms with Crippen LogP contribution in [0.3, 0.4) is 0 Å². The van der Waals surface area contributed by atoms with E-state index in [2.05, 4.69) is 5.10 Å². The first kappa shape index (κ1) is 14.6. The molecule has 110 valence electrons. The van der Waals surface area contributed by atoms with Gasteiger partial charge in [-0.3, -0.25) is 14.3 Å². The molecule has 1 aromatic heterocycles. The van der Waals surface area contributed by atoms with Crippen molar-refractivity contribution in [3.05, 3.63) is 18.0 Å². The molecule has 1 aliphatic carbocycles. The number of carbonyl (C=O) groups excluding carboxylic acids is 1. The molecule has 1 N–H and O–H groups in total. The van der Waals surface area contributed by atoms with E-state index < -0.39 is 11.9 Å². The molecule has 1 heterocycles. The molecule has 1 saturated carbocycles. The highest BCUT2D eigenvalue weighted by Crippen LogP contribution is 2.30. The van der Waals surface area contributed by atoms with Crippen LogP contribution in [0.25, 0.3) is 0 Å². The lowest BCUT2D eigenvalue weighted by atomic mass is 10.1. The van der Waals surface area contributed by atoms with Gasteiger partial charge in [0, 0.05) is 19.8 Å². The highest BCUT2D eigenvalue weighted by Gasteiger charge is 2.25. The molecule has 1 atom stereocenters. The lowest BCUT2D eigenvalue weighted by molar-refractivity contribution is -0.141. The summed E-state index contributed by atoms with van der Waals surface area (Å²) in [7, 11) is 1.63. The van der Waals surface area contributed by atoms with Crippen LogP contribution in [0.1, 0.15) is 49.1 Å². The quantitative estimate of drug-likeness (QED) is 0.891. The van der Waals surface area contributed by atoms with Crippen molar-refractivity contribution in [2.24, 2.45) is 5.92 Å². The Morgan fingerprint density at radius 1 is 1.50 bits per heavy atom. The standard InChI is InChI=1S/C14H21N3O3/c1-10(14(19)20)9-16(2)13(18)12-7-8-15-17(12)11-5-3-4-6-11/h7-8,10-11H,3-6,9H2,1-2H3,(H,19,20). The summed E-state index contributed by atoms with van der Waals surface area (Å²) in [6.07, 6.45) is 6.09. The first-order valence-electron chi connectivity index (χ1n) is 7.02. The van der Waals surface area contributed by atoms with Gasteiger partial charge in [0.2, 0.25) is 0 Å². The average molecular weight is 279 g/mol. The summed E-state index contributed by atoms with van der Waals surface area (Å²) in [6.45, 7) is 1.80. The minimum absolute atomic E-state index is 0.164. The van der Waals surface area contributed by atoms with Crippen molar-refractivity contribution in [1.82, 2.24) is 14.7 Å². The van der Waals surface area contributed by atoms with E-state index in [-0.39, 0.29) is 12.5 Å². The van der Waals surface area contributed by atoms with Crippen LogP contribution in [-0.2, 0) is 4.79 Å². The van der Waals surface area contributed by atoms with Gasteiger partial charge in [-0.05, 0) is 18.9 Å². The molecule has 0 spiro atoms. The Labute approximate surface area is 118 Å². The lowest BCUT2D eigenvalue weighted by Gasteiger charge is -2.21. The van der Waals surface area contributed by atoms with Gasteiger partial charge in [-0.15, -0.1) is 0 Å². The van der Waals surface area contributed by atoms with E-state index in [1.807, 2.05) is 0 Å². The van der Waals surface area contributed by atoms with Gasteiger partial charge in [0.05, 0.1) is 12.0 Å². The zero-order valence-electron chi connectivity index (χ0n) is 12.0. The SMILES string of the molecule is CC(CN(C)C(=O)c1ccnn1C1CCCC1)C(=O)O. The summed E-state index contributed by atoms with van der Waals surface area (Å²) in [5.41, 5.74) is 0.553. The van der Waals surface area contributed by atoms with Gasteiger partial charge in [-0.1, -0.05) is 19.8 Å². The van der Waals surface area contributed by atoms with E-state index in [4.69, 9.17) is 5.11 Å². The smallest absolute Gasteiger partial charge is 0.308 e. The van der Waals surface area contributed by atoms with Crippen LogP contribution in [-0.4, -0.2) is 45.3 Å². The highest BCUT2D eigenvalue weighted by atomic mass is 16.4. The third-order valence-corrected chi connectivity index (χ3v) is 3.88. The largest absolute Gasteiger partial charge is 0.481 e. The fraction of sp³-hybridized carbons (Fsp3) is 0.643. The zero-order valence-corrected chi connectivity index (χ0v) is 12.0. The molecular weight excluding hydrogens is 258 g/mol. The first-order chi connectivity index (χ1) is 9.50. The number of rotatable bonds is 5. The number of nitrogens with zero attached hydrogens (tertiary/aromatic N) is 3. The maximum absolute atomic E-state index is 12.4. The number of carboxylic acids is 1. The summed E-state index contributed by atoms with van der Waals surface area (Å²) in [4.78, 5) is 24.7. The molecular formula is C14H21N3O3. The van der Waals surface area contributed by atoms with E-state index in [0.717, 1.165) is 12.8 Å². The number of aliphatic carboxylic acids is 1. The fourth-order valence-electron chi connectivity index (χ4n) is 2.69. The Morgan fingerprint density at radius 3 is 2.75 bits per heavy atom. The number of hydrogen-bond donors (Lipinski definition) is 1. The van der Waals surface area contributed by atoms with E-state index in [1.54, 1.807) is 30.9 Å². The molecule has 2 rings (SSSR count). The molecule has 0 saturated heterocycles. The Kier molecular flexibility index (Phi) is 4.42. The molecule has 0 radical (unpaired) electrons. The Morgan fingerprint density at radius 2 is 2.15 bits per heavy atom. The Balaban J connectivity index is 2.09. The molecule has 0 aliphatic heterocycles. The molecule has 6 heteroatoms. The van der Waals surface area contributed by atoms with Crippen molar-refractivity contribution >= 4 is 11.9 Å². The van der Waals surface area contributed by atoms with Gasteiger partial charge in [0.1, 0.15) is 5.69 Å². The van der Waals surface area contributed by atoms with Gasteiger partial charge in [0.25, 0.3) is 5.91 Å². The zero-order chi connectivity index (χ0) is 14.7. The maximum atomic E-state index is 12.4. The Bertz CT molecular complexity index is 492. The second kappa shape index (κ2) is 6.07. The van der Waals surface area contributed by atoms with Gasteiger partial charge < -0.3 is 10.0 Å². The fourth-order valence-corrected chi connectivity index (χ4v) is 2.69. The number of carboxylic acid groups (broad SMARTS) is 1. The van der Waals surface area contributed by atoms with Crippen LogP contribution in [0.5, 0.6) is 0 Å². The van der Waals surface area contributed by atoms with E-state index in [9.17, 15) is 9.59 Å². The normalized spacial score (nSPS) is 17.1. The summed E-state index contributed by atoms with van der Waals surface area (Å²) in [6, 6.07) is 2.01. The van der Waals surface area contributed by atoms with Gasteiger partial charge in [0.15, 0.2) is 0 Å². The van der Waals surface area contributed by atoms with Crippen LogP contribution < -0.4 is 0 Å². The molecule has 6 nitrogen and oxygen atoms in total. The second-order valence-electron chi connectivity index (χ2n) is 5.52. The van der Waals surface area contributed by atoms with Crippen LogP contribution >= 0.6 is 0 Å². The topological polar surface area (TPSA) is 75.4 Å². The number of aromatic nitrogens is 2. The summed E-state index contributed by atoms with van der Waals surface area (Å²) < 4.78 is 1.80. The Hall–Kier alpha value is -1.85. The minimum atomic E-state index is -0.894. The van der Waals surface area contributed by atoms with Crippen molar-refractivity contribution in [2.75, 3.05) is 13.6 Å². The number of carbonyl (C=O) groups is 2. The summed E-state index contributed by atoms with van der Waals surface area (Å²) in [5, 5.41) is 13.2. The monoisotopic (exact) mass is 279 g/mol. The summed E-state index contributed by atoms with van der Waals surface area (Å²) in [5.74, 6) is -1.64. The molecule has 1 aliphatic rings. The molecule has 20 heavy (non-hydrogen) atoms. The lowest BCUT2D eigenvalue weighted by Crippen LogP contribution is -2.35. The molecule has 1 fully saturated rings. The maximum Gasteiger partial charge on any atom is 0.308 e. The highest BCUT2D eigenvalue weighted by molar-refractivity contribution is 5.92. The third-order valence-electron chi connectivity index (χ3n) is 3.88. The van der Waals surface area contributed by atoms with Crippen molar-refractivity contribution in [3.63, 3.8) is 0 Å².